The second-order valence-electron chi connectivity index (χ2n) is 5.47. The molecule has 0 spiro atoms. The van der Waals surface area contributed by atoms with E-state index in [4.69, 9.17) is 0 Å². The zero-order valence-corrected chi connectivity index (χ0v) is 10.8. The third-order valence-corrected chi connectivity index (χ3v) is 3.37. The summed E-state index contributed by atoms with van der Waals surface area (Å²) in [6.07, 6.45) is 3.89. The predicted octanol–water partition coefficient (Wildman–Crippen LogP) is 2.93. The molecule has 0 unspecified atom stereocenters. The molecule has 1 aliphatic carbocycles. The molecule has 1 aromatic rings. The van der Waals surface area contributed by atoms with Crippen LogP contribution in [0.2, 0.25) is 0 Å². The quantitative estimate of drug-likeness (QED) is 0.800. The van der Waals surface area contributed by atoms with Gasteiger partial charge in [-0.05, 0) is 44.6 Å². The van der Waals surface area contributed by atoms with E-state index in [1.807, 2.05) is 13.0 Å². The fourth-order valence-corrected chi connectivity index (χ4v) is 2.29. The van der Waals surface area contributed by atoms with Gasteiger partial charge in [-0.3, -0.25) is 0 Å². The van der Waals surface area contributed by atoms with Crippen LogP contribution in [-0.2, 0) is 11.8 Å². The summed E-state index contributed by atoms with van der Waals surface area (Å²) in [5, 5.41) is 9.32. The second kappa shape index (κ2) is 4.44. The van der Waals surface area contributed by atoms with Gasteiger partial charge in [0.1, 0.15) is 11.2 Å². The molecule has 0 saturated heterocycles. The molecule has 0 atom stereocenters. The van der Waals surface area contributed by atoms with E-state index in [1.165, 1.54) is 0 Å². The lowest BCUT2D eigenvalue weighted by Gasteiger charge is -2.33. The summed E-state index contributed by atoms with van der Waals surface area (Å²) in [6.45, 7) is 6.35. The van der Waals surface area contributed by atoms with Crippen LogP contribution in [0.1, 0.15) is 50.3 Å². The normalized spacial score (nSPS) is 17.6. The predicted molar refractivity (Wildman–Crippen MR) is 66.5 cm³/mol. The molecule has 1 fully saturated rings. The Balaban J connectivity index is 2.35. The monoisotopic (exact) mass is 229 g/mol. The molecule has 3 nitrogen and oxygen atoms in total. The third kappa shape index (κ3) is 2.31. The molecule has 1 aromatic heterocycles. The zero-order chi connectivity index (χ0) is 12.5. The van der Waals surface area contributed by atoms with Crippen molar-refractivity contribution < 1.29 is 0 Å². The fourth-order valence-electron chi connectivity index (χ4n) is 2.29. The van der Waals surface area contributed by atoms with E-state index >= 15 is 0 Å². The van der Waals surface area contributed by atoms with Crippen LogP contribution in [0, 0.1) is 24.2 Å². The van der Waals surface area contributed by atoms with Gasteiger partial charge < -0.3 is 0 Å². The van der Waals surface area contributed by atoms with E-state index < -0.39 is 5.41 Å². The number of nitrogens with zero attached hydrogens (tertiary/aromatic N) is 3. The van der Waals surface area contributed by atoms with Crippen molar-refractivity contribution >= 4 is 0 Å². The first-order chi connectivity index (χ1) is 8.05. The van der Waals surface area contributed by atoms with Crippen LogP contribution in [0.5, 0.6) is 0 Å². The molecule has 0 radical (unpaired) electrons. The summed E-state index contributed by atoms with van der Waals surface area (Å²) in [5.74, 6) is 1.33. The first-order valence-corrected chi connectivity index (χ1v) is 6.32. The van der Waals surface area contributed by atoms with E-state index in [9.17, 15) is 5.26 Å². The van der Waals surface area contributed by atoms with Crippen LogP contribution in [0.3, 0.4) is 0 Å². The van der Waals surface area contributed by atoms with Gasteiger partial charge in [-0.1, -0.05) is 13.8 Å². The van der Waals surface area contributed by atoms with Gasteiger partial charge in [-0.15, -0.1) is 0 Å². The molecule has 3 heteroatoms. The largest absolute Gasteiger partial charge is 0.236 e. The third-order valence-electron chi connectivity index (χ3n) is 3.37. The number of hydrogen-bond donors (Lipinski definition) is 0. The standard InChI is InChI=1S/C14H19N3/c1-10(2)7-12-8-11(3)16-13(17-12)14(9-15)5-4-6-14/h8,10H,4-7H2,1-3H3. The average molecular weight is 229 g/mol. The lowest BCUT2D eigenvalue weighted by molar-refractivity contribution is 0.305. The van der Waals surface area contributed by atoms with E-state index in [1.54, 1.807) is 0 Å². The minimum Gasteiger partial charge on any atom is -0.236 e. The van der Waals surface area contributed by atoms with E-state index in [0.717, 1.165) is 42.9 Å². The summed E-state index contributed by atoms with van der Waals surface area (Å²) in [5.41, 5.74) is 1.66. The maximum absolute atomic E-state index is 9.32. The van der Waals surface area contributed by atoms with Crippen molar-refractivity contribution in [3.8, 4) is 6.07 Å². The Morgan fingerprint density at radius 3 is 2.59 bits per heavy atom. The van der Waals surface area contributed by atoms with E-state index in [2.05, 4.69) is 29.9 Å². The van der Waals surface area contributed by atoms with Crippen LogP contribution < -0.4 is 0 Å². The fraction of sp³-hybridized carbons (Fsp3) is 0.643. The summed E-state index contributed by atoms with van der Waals surface area (Å²) < 4.78 is 0. The van der Waals surface area contributed by atoms with Crippen LogP contribution in [-0.4, -0.2) is 9.97 Å². The van der Waals surface area contributed by atoms with Gasteiger partial charge in [0, 0.05) is 11.4 Å². The highest BCUT2D eigenvalue weighted by Crippen LogP contribution is 2.41. The minimum atomic E-state index is -0.391. The van der Waals surface area contributed by atoms with Gasteiger partial charge in [0.15, 0.2) is 0 Å². The van der Waals surface area contributed by atoms with Crippen molar-refractivity contribution in [2.75, 3.05) is 0 Å². The van der Waals surface area contributed by atoms with Gasteiger partial charge in [-0.2, -0.15) is 5.26 Å². The smallest absolute Gasteiger partial charge is 0.149 e. The van der Waals surface area contributed by atoms with Crippen molar-refractivity contribution in [3.63, 3.8) is 0 Å². The average Bonchev–Trinajstić information content (AvgIpc) is 2.14. The van der Waals surface area contributed by atoms with Gasteiger partial charge in [-0.25, -0.2) is 9.97 Å². The number of aryl methyl sites for hydroxylation is 1. The molecule has 0 aliphatic heterocycles. The van der Waals surface area contributed by atoms with Crippen molar-refractivity contribution in [3.05, 3.63) is 23.3 Å². The minimum absolute atomic E-state index is 0.391. The molecule has 0 bridgehead atoms. The molecule has 0 amide bonds. The molecule has 1 heterocycles. The van der Waals surface area contributed by atoms with Gasteiger partial charge in [0.2, 0.25) is 0 Å². The Kier molecular flexibility index (Phi) is 3.15. The number of rotatable bonds is 3. The SMILES string of the molecule is Cc1cc(CC(C)C)nc(C2(C#N)CCC2)n1. The summed E-state index contributed by atoms with van der Waals surface area (Å²) >= 11 is 0. The zero-order valence-electron chi connectivity index (χ0n) is 10.8. The Labute approximate surface area is 103 Å². The number of aromatic nitrogens is 2. The van der Waals surface area contributed by atoms with Crippen molar-refractivity contribution in [2.45, 2.75) is 51.9 Å². The van der Waals surface area contributed by atoms with Crippen molar-refractivity contribution in [2.24, 2.45) is 5.92 Å². The van der Waals surface area contributed by atoms with Gasteiger partial charge >= 0.3 is 0 Å². The van der Waals surface area contributed by atoms with Gasteiger partial charge in [0.25, 0.3) is 0 Å². The molecule has 90 valence electrons. The summed E-state index contributed by atoms with van der Waals surface area (Å²) in [4.78, 5) is 9.08. The highest BCUT2D eigenvalue weighted by molar-refractivity contribution is 5.27. The Bertz CT molecular complexity index is 453. The maximum Gasteiger partial charge on any atom is 0.149 e. The van der Waals surface area contributed by atoms with Crippen LogP contribution in [0.4, 0.5) is 0 Å². The Hall–Kier alpha value is -1.43. The number of hydrogen-bond acceptors (Lipinski definition) is 3. The molecule has 1 saturated carbocycles. The first kappa shape index (κ1) is 12.0. The highest BCUT2D eigenvalue weighted by atomic mass is 14.9. The molecule has 2 rings (SSSR count). The molecule has 0 aromatic carbocycles. The van der Waals surface area contributed by atoms with Gasteiger partial charge in [0.05, 0.1) is 6.07 Å². The van der Waals surface area contributed by atoms with Crippen LogP contribution in [0.15, 0.2) is 6.07 Å². The Morgan fingerprint density at radius 1 is 1.41 bits per heavy atom. The lowest BCUT2D eigenvalue weighted by atomic mass is 9.69. The van der Waals surface area contributed by atoms with Crippen LogP contribution >= 0.6 is 0 Å². The lowest BCUT2D eigenvalue weighted by Crippen LogP contribution is -2.35. The molecular formula is C14H19N3. The molecular weight excluding hydrogens is 210 g/mol. The number of nitriles is 1. The first-order valence-electron chi connectivity index (χ1n) is 6.32. The highest BCUT2D eigenvalue weighted by Gasteiger charge is 2.42. The van der Waals surface area contributed by atoms with Crippen LogP contribution in [0.25, 0.3) is 0 Å². The second-order valence-corrected chi connectivity index (χ2v) is 5.47. The molecule has 0 N–H and O–H groups in total. The topological polar surface area (TPSA) is 49.6 Å². The van der Waals surface area contributed by atoms with E-state index in [0.29, 0.717) is 5.92 Å². The van der Waals surface area contributed by atoms with Crippen molar-refractivity contribution in [1.82, 2.24) is 9.97 Å². The molecule has 17 heavy (non-hydrogen) atoms. The van der Waals surface area contributed by atoms with Crippen molar-refractivity contribution in [1.29, 1.82) is 5.26 Å². The summed E-state index contributed by atoms with van der Waals surface area (Å²) in [6, 6.07) is 4.45. The summed E-state index contributed by atoms with van der Waals surface area (Å²) in [7, 11) is 0. The Morgan fingerprint density at radius 2 is 2.12 bits per heavy atom. The van der Waals surface area contributed by atoms with E-state index in [-0.39, 0.29) is 0 Å². The molecule has 1 aliphatic rings. The maximum atomic E-state index is 9.32.